The van der Waals surface area contributed by atoms with Crippen molar-refractivity contribution in [1.82, 2.24) is 9.88 Å². The Morgan fingerprint density at radius 2 is 2.11 bits per heavy atom. The maximum Gasteiger partial charge on any atom is 0.337 e. The van der Waals surface area contributed by atoms with E-state index in [0.29, 0.717) is 17.8 Å². The Hall–Kier alpha value is -3.25. The zero-order chi connectivity index (χ0) is 19.7. The molecule has 0 amide bonds. The second-order valence-corrected chi connectivity index (χ2v) is 6.93. The molecule has 2 aromatic carbocycles. The zero-order valence-electron chi connectivity index (χ0n) is 15.4. The zero-order valence-corrected chi connectivity index (χ0v) is 15.4. The van der Waals surface area contributed by atoms with Crippen LogP contribution in [0, 0.1) is 5.82 Å². The highest BCUT2D eigenvalue weighted by Crippen LogP contribution is 2.36. The van der Waals surface area contributed by atoms with Crippen molar-refractivity contribution in [3.05, 3.63) is 83.4 Å². The molecule has 3 aromatic rings. The number of nitrogens with zero attached hydrogens (tertiary/aromatic N) is 2. The minimum absolute atomic E-state index is 0.0894. The van der Waals surface area contributed by atoms with Gasteiger partial charge in [0.05, 0.1) is 23.5 Å². The Morgan fingerprint density at radius 1 is 1.29 bits per heavy atom. The fourth-order valence-electron chi connectivity index (χ4n) is 3.74. The normalized spacial score (nSPS) is 16.0. The van der Waals surface area contributed by atoms with Crippen LogP contribution < -0.4 is 5.32 Å². The highest BCUT2D eigenvalue weighted by molar-refractivity contribution is 5.93. The van der Waals surface area contributed by atoms with Gasteiger partial charge in [-0.05, 0) is 41.9 Å². The van der Waals surface area contributed by atoms with Crippen molar-refractivity contribution in [3.8, 4) is 11.1 Å². The first kappa shape index (κ1) is 18.1. The number of fused-ring (bicyclic) bond motifs is 1. The summed E-state index contributed by atoms with van der Waals surface area (Å²) in [7, 11) is 2.02. The predicted molar refractivity (Wildman–Crippen MR) is 106 cm³/mol. The van der Waals surface area contributed by atoms with Crippen LogP contribution in [0.2, 0.25) is 0 Å². The highest BCUT2D eigenvalue weighted by atomic mass is 19.1. The molecule has 0 fully saturated rings. The Bertz CT molecular complexity index is 1040. The number of aromatic carboxylic acids is 1. The molecule has 1 aliphatic heterocycles. The van der Waals surface area contributed by atoms with Gasteiger partial charge < -0.3 is 10.4 Å². The molecule has 0 aliphatic carbocycles. The predicted octanol–water partition coefficient (Wildman–Crippen LogP) is 4.18. The topological polar surface area (TPSA) is 65.5 Å². The molecule has 2 heterocycles. The summed E-state index contributed by atoms with van der Waals surface area (Å²) in [5, 5.41) is 12.5. The van der Waals surface area contributed by atoms with Crippen LogP contribution in [0.15, 0.2) is 60.9 Å². The number of anilines is 1. The fourth-order valence-corrected chi connectivity index (χ4v) is 3.74. The number of carboxylic acid groups (broad SMARTS) is 1. The van der Waals surface area contributed by atoms with E-state index in [1.807, 2.05) is 31.3 Å². The number of hydrogen-bond acceptors (Lipinski definition) is 4. The van der Waals surface area contributed by atoms with Crippen LogP contribution in [-0.4, -0.2) is 34.6 Å². The molecular formula is C22H20FN3O2. The molecule has 4 rings (SSSR count). The number of likely N-dealkylation sites (N-methyl/N-ethyl adjacent to an activating group) is 1. The van der Waals surface area contributed by atoms with E-state index in [4.69, 9.17) is 0 Å². The van der Waals surface area contributed by atoms with E-state index in [-0.39, 0.29) is 17.4 Å². The van der Waals surface area contributed by atoms with Crippen molar-refractivity contribution in [1.29, 1.82) is 0 Å². The molecule has 0 radical (unpaired) electrons. The second-order valence-electron chi connectivity index (χ2n) is 6.93. The highest BCUT2D eigenvalue weighted by Gasteiger charge is 2.28. The maximum absolute atomic E-state index is 14.1. The SMILES string of the molecule is CN1Cc2cc(-c3ccccc3F)ccc2[C@H]1CNc1cnccc1C(=O)O. The first-order valence-electron chi connectivity index (χ1n) is 9.03. The molecule has 28 heavy (non-hydrogen) atoms. The summed E-state index contributed by atoms with van der Waals surface area (Å²) in [6.07, 6.45) is 3.00. The average molecular weight is 377 g/mol. The maximum atomic E-state index is 14.1. The van der Waals surface area contributed by atoms with Crippen LogP contribution in [0.3, 0.4) is 0 Å². The molecule has 0 bridgehead atoms. The first-order chi connectivity index (χ1) is 13.5. The van der Waals surface area contributed by atoms with Gasteiger partial charge in [0.25, 0.3) is 0 Å². The summed E-state index contributed by atoms with van der Waals surface area (Å²) in [6, 6.07) is 14.4. The van der Waals surface area contributed by atoms with E-state index < -0.39 is 5.97 Å². The number of rotatable bonds is 5. The lowest BCUT2D eigenvalue weighted by Crippen LogP contribution is -2.24. The van der Waals surface area contributed by atoms with Crippen molar-refractivity contribution < 1.29 is 14.3 Å². The van der Waals surface area contributed by atoms with Gasteiger partial charge in [-0.1, -0.05) is 30.3 Å². The molecule has 0 saturated carbocycles. The number of nitrogens with one attached hydrogen (secondary N) is 1. The van der Waals surface area contributed by atoms with Gasteiger partial charge in [-0.2, -0.15) is 0 Å². The Labute approximate surface area is 162 Å². The van der Waals surface area contributed by atoms with Gasteiger partial charge in [-0.3, -0.25) is 9.88 Å². The lowest BCUT2D eigenvalue weighted by atomic mass is 9.97. The average Bonchev–Trinajstić information content (AvgIpc) is 3.01. The van der Waals surface area contributed by atoms with Crippen LogP contribution in [-0.2, 0) is 6.54 Å². The number of aromatic nitrogens is 1. The number of benzene rings is 2. The molecule has 1 aromatic heterocycles. The summed E-state index contributed by atoms with van der Waals surface area (Å²) < 4.78 is 14.1. The number of carbonyl (C=O) groups is 1. The summed E-state index contributed by atoms with van der Waals surface area (Å²) in [4.78, 5) is 17.6. The van der Waals surface area contributed by atoms with Gasteiger partial charge in [-0.25, -0.2) is 9.18 Å². The Morgan fingerprint density at radius 3 is 2.89 bits per heavy atom. The van der Waals surface area contributed by atoms with Crippen molar-refractivity contribution in [2.75, 3.05) is 18.9 Å². The number of carboxylic acids is 1. The van der Waals surface area contributed by atoms with E-state index in [1.165, 1.54) is 24.5 Å². The Kier molecular flexibility index (Phi) is 4.79. The third-order valence-electron chi connectivity index (χ3n) is 5.18. The van der Waals surface area contributed by atoms with Gasteiger partial charge in [0, 0.05) is 24.8 Å². The van der Waals surface area contributed by atoms with Crippen LogP contribution in [0.5, 0.6) is 0 Å². The fraction of sp³-hybridized carbons (Fsp3) is 0.182. The summed E-state index contributed by atoms with van der Waals surface area (Å²) in [5.41, 5.74) is 4.47. The smallest absolute Gasteiger partial charge is 0.337 e. The lowest BCUT2D eigenvalue weighted by Gasteiger charge is -2.22. The van der Waals surface area contributed by atoms with E-state index in [9.17, 15) is 14.3 Å². The number of hydrogen-bond donors (Lipinski definition) is 2. The van der Waals surface area contributed by atoms with E-state index >= 15 is 0 Å². The van der Waals surface area contributed by atoms with Gasteiger partial charge in [0.1, 0.15) is 5.82 Å². The lowest BCUT2D eigenvalue weighted by molar-refractivity contribution is 0.0697. The quantitative estimate of drug-likeness (QED) is 0.698. The third-order valence-corrected chi connectivity index (χ3v) is 5.18. The monoisotopic (exact) mass is 377 g/mol. The number of halogens is 1. The molecule has 5 nitrogen and oxygen atoms in total. The molecule has 2 N–H and O–H groups in total. The van der Waals surface area contributed by atoms with Gasteiger partial charge >= 0.3 is 5.97 Å². The molecule has 1 atom stereocenters. The van der Waals surface area contributed by atoms with Gasteiger partial charge in [0.2, 0.25) is 0 Å². The van der Waals surface area contributed by atoms with Crippen LogP contribution in [0.25, 0.3) is 11.1 Å². The molecule has 142 valence electrons. The van der Waals surface area contributed by atoms with Crippen molar-refractivity contribution >= 4 is 11.7 Å². The molecule has 0 unspecified atom stereocenters. The summed E-state index contributed by atoms with van der Waals surface area (Å²) >= 11 is 0. The second kappa shape index (κ2) is 7.40. The van der Waals surface area contributed by atoms with E-state index in [1.54, 1.807) is 12.1 Å². The Balaban J connectivity index is 1.58. The minimum atomic E-state index is -0.986. The summed E-state index contributed by atoms with van der Waals surface area (Å²) in [6.45, 7) is 1.30. The largest absolute Gasteiger partial charge is 0.478 e. The molecular weight excluding hydrogens is 357 g/mol. The summed E-state index contributed by atoms with van der Waals surface area (Å²) in [5.74, 6) is -1.22. The molecule has 0 saturated heterocycles. The van der Waals surface area contributed by atoms with Crippen LogP contribution in [0.4, 0.5) is 10.1 Å². The minimum Gasteiger partial charge on any atom is -0.478 e. The molecule has 0 spiro atoms. The molecule has 1 aliphatic rings. The first-order valence-corrected chi connectivity index (χ1v) is 9.03. The van der Waals surface area contributed by atoms with Crippen molar-refractivity contribution in [3.63, 3.8) is 0 Å². The van der Waals surface area contributed by atoms with Crippen LogP contribution >= 0.6 is 0 Å². The van der Waals surface area contributed by atoms with Crippen LogP contribution in [0.1, 0.15) is 27.5 Å². The van der Waals surface area contributed by atoms with Crippen molar-refractivity contribution in [2.45, 2.75) is 12.6 Å². The van der Waals surface area contributed by atoms with Gasteiger partial charge in [0.15, 0.2) is 0 Å². The van der Waals surface area contributed by atoms with Gasteiger partial charge in [-0.15, -0.1) is 0 Å². The van der Waals surface area contributed by atoms with E-state index in [0.717, 1.165) is 23.2 Å². The van der Waals surface area contributed by atoms with E-state index in [2.05, 4.69) is 15.2 Å². The molecule has 6 heteroatoms. The standard InChI is InChI=1S/C22H20FN3O2/c1-26-13-15-10-14(16-4-2-3-5-19(16)23)6-7-17(15)21(26)12-25-20-11-24-9-8-18(20)22(27)28/h2-11,21,25H,12-13H2,1H3,(H,27,28)/t21-/m1/s1. The van der Waals surface area contributed by atoms with Crippen molar-refractivity contribution in [2.24, 2.45) is 0 Å². The third kappa shape index (κ3) is 3.34. The number of pyridine rings is 1.